The lowest BCUT2D eigenvalue weighted by atomic mass is 9.98. The minimum Gasteiger partial charge on any atom is -0.377 e. The number of nitrogens with one attached hydrogen (secondary N) is 1. The van der Waals surface area contributed by atoms with Crippen LogP contribution in [0.25, 0.3) is 0 Å². The predicted octanol–water partition coefficient (Wildman–Crippen LogP) is 3.22. The summed E-state index contributed by atoms with van der Waals surface area (Å²) in [6.07, 6.45) is 4.53. The Morgan fingerprint density at radius 3 is 2.46 bits per heavy atom. The molecule has 2 aliphatic heterocycles. The molecule has 2 fully saturated rings. The first-order valence-electron chi connectivity index (χ1n) is 8.66. The number of nitrogens with zero attached hydrogens (tertiary/aromatic N) is 3. The molecule has 7 heteroatoms. The summed E-state index contributed by atoms with van der Waals surface area (Å²) in [5, 5.41) is 14.9. The summed E-state index contributed by atoms with van der Waals surface area (Å²) < 4.78 is 0. The molecule has 1 aromatic carbocycles. The van der Waals surface area contributed by atoms with Gasteiger partial charge in [0.15, 0.2) is 0 Å². The van der Waals surface area contributed by atoms with Crippen LogP contribution in [0.5, 0.6) is 0 Å². The Morgan fingerprint density at radius 2 is 1.83 bits per heavy atom. The summed E-state index contributed by atoms with van der Waals surface area (Å²) in [4.78, 5) is 15.8. The van der Waals surface area contributed by atoms with Gasteiger partial charge in [-0.05, 0) is 58.0 Å². The molecule has 0 atom stereocenters. The van der Waals surface area contributed by atoms with Crippen molar-refractivity contribution in [2.45, 2.75) is 37.8 Å². The molecular weight excluding hydrogens is 328 g/mol. The molecule has 0 spiro atoms. The summed E-state index contributed by atoms with van der Waals surface area (Å²) in [6, 6.07) is 5.81. The van der Waals surface area contributed by atoms with E-state index in [1.807, 2.05) is 0 Å². The van der Waals surface area contributed by atoms with Gasteiger partial charge in [0.25, 0.3) is 5.69 Å². The molecule has 1 aromatic rings. The maximum atomic E-state index is 11.2. The Morgan fingerprint density at radius 1 is 1.17 bits per heavy atom. The van der Waals surface area contributed by atoms with Crippen LogP contribution in [-0.2, 0) is 0 Å². The molecule has 6 nitrogen and oxygen atoms in total. The van der Waals surface area contributed by atoms with Crippen molar-refractivity contribution in [3.05, 3.63) is 33.3 Å². The third kappa shape index (κ3) is 4.18. The molecule has 0 radical (unpaired) electrons. The van der Waals surface area contributed by atoms with Crippen LogP contribution in [0.4, 0.5) is 11.4 Å². The highest BCUT2D eigenvalue weighted by Crippen LogP contribution is 2.30. The lowest BCUT2D eigenvalue weighted by Crippen LogP contribution is -2.48. The smallest absolute Gasteiger partial charge is 0.293 e. The van der Waals surface area contributed by atoms with Gasteiger partial charge in [-0.2, -0.15) is 0 Å². The first-order valence-corrected chi connectivity index (χ1v) is 9.04. The number of hydrogen-bond donors (Lipinski definition) is 1. The summed E-state index contributed by atoms with van der Waals surface area (Å²) in [6.45, 7) is 4.49. The molecule has 2 saturated heterocycles. The molecule has 0 bridgehead atoms. The van der Waals surface area contributed by atoms with Crippen molar-refractivity contribution in [2.75, 3.05) is 38.5 Å². The zero-order valence-electron chi connectivity index (χ0n) is 14.1. The van der Waals surface area contributed by atoms with Gasteiger partial charge in [0.1, 0.15) is 5.69 Å². The Hall–Kier alpha value is -1.37. The Balaban J connectivity index is 1.55. The quantitative estimate of drug-likeness (QED) is 0.666. The zero-order chi connectivity index (χ0) is 17.1. The largest absolute Gasteiger partial charge is 0.377 e. The normalized spacial score (nSPS) is 21.8. The second-order valence-electron chi connectivity index (χ2n) is 6.91. The second-order valence-corrected chi connectivity index (χ2v) is 7.34. The van der Waals surface area contributed by atoms with Crippen molar-refractivity contribution in [1.82, 2.24) is 9.80 Å². The fraction of sp³-hybridized carbons (Fsp3) is 0.647. The SMILES string of the molecule is CN1CCC(N2CCC(Nc3ccc(Cl)cc3[N+](=O)[O-])CC2)CC1. The fourth-order valence-electron chi connectivity index (χ4n) is 3.77. The second kappa shape index (κ2) is 7.68. The van der Waals surface area contributed by atoms with Gasteiger partial charge in [0.2, 0.25) is 0 Å². The number of piperidine rings is 2. The van der Waals surface area contributed by atoms with Gasteiger partial charge in [0, 0.05) is 36.3 Å². The standard InChI is InChI=1S/C17H25ClN4O2/c1-20-8-6-15(7-9-20)21-10-4-14(5-11-21)19-16-3-2-13(18)12-17(16)22(23)24/h2-3,12,14-15,19H,4-11H2,1H3. The van der Waals surface area contributed by atoms with Crippen molar-refractivity contribution < 1.29 is 4.92 Å². The van der Waals surface area contributed by atoms with Crippen molar-refractivity contribution in [3.63, 3.8) is 0 Å². The number of halogens is 1. The van der Waals surface area contributed by atoms with E-state index >= 15 is 0 Å². The highest BCUT2D eigenvalue weighted by molar-refractivity contribution is 6.30. The first kappa shape index (κ1) is 17.5. The van der Waals surface area contributed by atoms with Gasteiger partial charge in [-0.3, -0.25) is 10.1 Å². The minimum absolute atomic E-state index is 0.0558. The molecule has 0 unspecified atom stereocenters. The molecule has 0 saturated carbocycles. The number of nitro groups is 1. The first-order chi connectivity index (χ1) is 11.5. The van der Waals surface area contributed by atoms with E-state index in [1.54, 1.807) is 12.1 Å². The van der Waals surface area contributed by atoms with Crippen LogP contribution in [0.3, 0.4) is 0 Å². The summed E-state index contributed by atoms with van der Waals surface area (Å²) in [5.74, 6) is 0. The van der Waals surface area contributed by atoms with Gasteiger partial charge < -0.3 is 15.1 Å². The zero-order valence-corrected chi connectivity index (χ0v) is 14.8. The maximum absolute atomic E-state index is 11.2. The monoisotopic (exact) mass is 352 g/mol. The predicted molar refractivity (Wildman–Crippen MR) is 96.8 cm³/mol. The lowest BCUT2D eigenvalue weighted by Gasteiger charge is -2.41. The molecule has 0 aliphatic carbocycles. The van der Waals surface area contributed by atoms with Crippen molar-refractivity contribution in [2.24, 2.45) is 0 Å². The molecule has 24 heavy (non-hydrogen) atoms. The highest BCUT2D eigenvalue weighted by atomic mass is 35.5. The van der Waals surface area contributed by atoms with Crippen molar-refractivity contribution in [3.8, 4) is 0 Å². The van der Waals surface area contributed by atoms with Crippen molar-refractivity contribution in [1.29, 1.82) is 0 Å². The summed E-state index contributed by atoms with van der Waals surface area (Å²) in [5.41, 5.74) is 0.627. The van der Waals surface area contributed by atoms with Crippen LogP contribution in [-0.4, -0.2) is 60.0 Å². The van der Waals surface area contributed by atoms with E-state index in [2.05, 4.69) is 22.2 Å². The molecule has 0 amide bonds. The molecule has 2 heterocycles. The maximum Gasteiger partial charge on any atom is 0.293 e. The number of benzene rings is 1. The van der Waals surface area contributed by atoms with Crippen LogP contribution in [0.2, 0.25) is 5.02 Å². The van der Waals surface area contributed by atoms with E-state index in [-0.39, 0.29) is 16.7 Å². The van der Waals surface area contributed by atoms with Crippen LogP contribution < -0.4 is 5.32 Å². The Bertz CT molecular complexity index is 582. The average molecular weight is 353 g/mol. The van der Waals surface area contributed by atoms with E-state index < -0.39 is 0 Å². The van der Waals surface area contributed by atoms with Crippen LogP contribution in [0.15, 0.2) is 18.2 Å². The summed E-state index contributed by atoms with van der Waals surface area (Å²) in [7, 11) is 2.19. The molecular formula is C17H25ClN4O2. The number of likely N-dealkylation sites (tertiary alicyclic amines) is 2. The molecule has 2 aliphatic rings. The Labute approximate surface area is 147 Å². The van der Waals surface area contributed by atoms with Gasteiger partial charge in [-0.25, -0.2) is 0 Å². The van der Waals surface area contributed by atoms with Gasteiger partial charge in [0.05, 0.1) is 4.92 Å². The molecule has 0 aromatic heterocycles. The fourth-order valence-corrected chi connectivity index (χ4v) is 3.93. The van der Waals surface area contributed by atoms with E-state index in [0.29, 0.717) is 16.8 Å². The average Bonchev–Trinajstić information content (AvgIpc) is 2.58. The van der Waals surface area contributed by atoms with Gasteiger partial charge >= 0.3 is 0 Å². The van der Waals surface area contributed by atoms with Gasteiger partial charge in [-0.15, -0.1) is 0 Å². The summed E-state index contributed by atoms with van der Waals surface area (Å²) >= 11 is 5.88. The minimum atomic E-state index is -0.373. The van der Waals surface area contributed by atoms with E-state index in [1.165, 1.54) is 32.0 Å². The molecule has 132 valence electrons. The topological polar surface area (TPSA) is 61.6 Å². The van der Waals surface area contributed by atoms with Crippen LogP contribution in [0, 0.1) is 10.1 Å². The number of hydrogen-bond acceptors (Lipinski definition) is 5. The third-order valence-electron chi connectivity index (χ3n) is 5.25. The van der Waals surface area contributed by atoms with Gasteiger partial charge in [-0.1, -0.05) is 11.6 Å². The van der Waals surface area contributed by atoms with E-state index in [0.717, 1.165) is 25.9 Å². The number of rotatable bonds is 4. The van der Waals surface area contributed by atoms with E-state index in [9.17, 15) is 10.1 Å². The molecule has 3 rings (SSSR count). The number of nitro benzene ring substituents is 1. The Kier molecular flexibility index (Phi) is 5.58. The highest BCUT2D eigenvalue weighted by Gasteiger charge is 2.28. The van der Waals surface area contributed by atoms with E-state index in [4.69, 9.17) is 11.6 Å². The lowest BCUT2D eigenvalue weighted by molar-refractivity contribution is -0.384. The van der Waals surface area contributed by atoms with Crippen molar-refractivity contribution >= 4 is 23.0 Å². The molecule has 1 N–H and O–H groups in total. The number of anilines is 1. The van der Waals surface area contributed by atoms with Crippen LogP contribution in [0.1, 0.15) is 25.7 Å². The van der Waals surface area contributed by atoms with Crippen LogP contribution >= 0.6 is 11.6 Å². The third-order valence-corrected chi connectivity index (χ3v) is 5.49.